The van der Waals surface area contributed by atoms with Crippen molar-refractivity contribution in [3.8, 4) is 11.5 Å². The van der Waals surface area contributed by atoms with Crippen molar-refractivity contribution in [1.29, 1.82) is 0 Å². The molecule has 1 atom stereocenters. The van der Waals surface area contributed by atoms with Gasteiger partial charge in [-0.2, -0.15) is 4.98 Å². The second-order valence-corrected chi connectivity index (χ2v) is 5.58. The topological polar surface area (TPSA) is 81.3 Å². The fraction of sp³-hybridized carbons (Fsp3) is 0.364. The van der Waals surface area contributed by atoms with Crippen LogP contribution >= 0.6 is 31.9 Å². The molecule has 1 N–H and O–H groups in total. The number of methoxy groups -OCH3 is 1. The third-order valence-corrected chi connectivity index (χ3v) is 3.30. The highest BCUT2D eigenvalue weighted by Gasteiger charge is 2.16. The summed E-state index contributed by atoms with van der Waals surface area (Å²) in [5.74, 6) is 0.718. The van der Waals surface area contributed by atoms with Gasteiger partial charge in [-0.15, -0.1) is 0 Å². The van der Waals surface area contributed by atoms with Crippen molar-refractivity contribution in [2.45, 2.75) is 12.5 Å². The highest BCUT2D eigenvalue weighted by molar-refractivity contribution is 9.11. The molecule has 0 saturated carbocycles. The fourth-order valence-electron chi connectivity index (χ4n) is 1.47. The normalized spacial score (nSPS) is 12.6. The SMILES string of the molecule is COCC(O)Cc1nc(-c2ncc(Br)cc2Br)no1. The molecule has 0 aliphatic heterocycles. The molecule has 8 heteroatoms. The molecule has 0 bridgehead atoms. The van der Waals surface area contributed by atoms with Crippen LogP contribution in [0.3, 0.4) is 0 Å². The fourth-order valence-corrected chi connectivity index (χ4v) is 2.63. The van der Waals surface area contributed by atoms with Crippen molar-refractivity contribution < 1.29 is 14.4 Å². The predicted octanol–water partition coefficient (Wildman–Crippen LogP) is 2.21. The van der Waals surface area contributed by atoms with E-state index in [0.717, 1.165) is 8.95 Å². The largest absolute Gasteiger partial charge is 0.390 e. The second kappa shape index (κ2) is 6.56. The zero-order valence-corrected chi connectivity index (χ0v) is 13.2. The lowest BCUT2D eigenvalue weighted by molar-refractivity contribution is 0.0599. The van der Waals surface area contributed by atoms with Crippen LogP contribution < -0.4 is 0 Å². The number of aromatic nitrogens is 3. The Hall–Kier alpha value is -0.830. The summed E-state index contributed by atoms with van der Waals surface area (Å²) in [4.78, 5) is 8.40. The molecular weight excluding hydrogens is 382 g/mol. The zero-order chi connectivity index (χ0) is 13.8. The Labute approximate surface area is 126 Å². The van der Waals surface area contributed by atoms with Crippen LogP contribution in [0.5, 0.6) is 0 Å². The molecule has 19 heavy (non-hydrogen) atoms. The molecule has 0 fully saturated rings. The molecule has 0 spiro atoms. The van der Waals surface area contributed by atoms with E-state index < -0.39 is 6.10 Å². The number of ether oxygens (including phenoxy) is 1. The number of aliphatic hydroxyl groups excluding tert-OH is 1. The summed E-state index contributed by atoms with van der Waals surface area (Å²) in [5, 5.41) is 13.4. The Balaban J connectivity index is 2.16. The van der Waals surface area contributed by atoms with Crippen molar-refractivity contribution in [3.05, 3.63) is 27.1 Å². The van der Waals surface area contributed by atoms with E-state index in [1.165, 1.54) is 7.11 Å². The molecule has 6 nitrogen and oxygen atoms in total. The lowest BCUT2D eigenvalue weighted by Crippen LogP contribution is -2.17. The average molecular weight is 393 g/mol. The summed E-state index contributed by atoms with van der Waals surface area (Å²) in [6.45, 7) is 0.220. The van der Waals surface area contributed by atoms with E-state index in [4.69, 9.17) is 9.26 Å². The number of hydrogen-bond donors (Lipinski definition) is 1. The van der Waals surface area contributed by atoms with Crippen LogP contribution in [0.25, 0.3) is 11.5 Å². The summed E-state index contributed by atoms with van der Waals surface area (Å²) < 4.78 is 11.5. The Bertz CT molecular complexity index is 562. The monoisotopic (exact) mass is 391 g/mol. The van der Waals surface area contributed by atoms with Gasteiger partial charge >= 0.3 is 0 Å². The van der Waals surface area contributed by atoms with Gasteiger partial charge in [0, 0.05) is 22.3 Å². The van der Waals surface area contributed by atoms with Gasteiger partial charge in [-0.05, 0) is 37.9 Å². The van der Waals surface area contributed by atoms with Crippen LogP contribution in [0.4, 0.5) is 0 Å². The van der Waals surface area contributed by atoms with Gasteiger partial charge in [0.25, 0.3) is 0 Å². The molecule has 2 aromatic heterocycles. The first kappa shape index (κ1) is 14.6. The van der Waals surface area contributed by atoms with Gasteiger partial charge in [0.1, 0.15) is 5.69 Å². The van der Waals surface area contributed by atoms with E-state index in [9.17, 15) is 5.11 Å². The minimum absolute atomic E-state index is 0.220. The summed E-state index contributed by atoms with van der Waals surface area (Å²) >= 11 is 6.71. The van der Waals surface area contributed by atoms with Crippen LogP contribution in [0.2, 0.25) is 0 Å². The summed E-state index contributed by atoms with van der Waals surface area (Å²) in [6.07, 6.45) is 1.23. The van der Waals surface area contributed by atoms with Crippen LogP contribution in [-0.2, 0) is 11.2 Å². The lowest BCUT2D eigenvalue weighted by Gasteiger charge is -2.04. The number of halogens is 2. The third kappa shape index (κ3) is 3.82. The van der Waals surface area contributed by atoms with E-state index in [2.05, 4.69) is 47.0 Å². The van der Waals surface area contributed by atoms with Crippen LogP contribution in [-0.4, -0.2) is 40.1 Å². The van der Waals surface area contributed by atoms with Gasteiger partial charge in [0.15, 0.2) is 0 Å². The maximum absolute atomic E-state index is 9.59. The Kier molecular flexibility index (Phi) is 5.03. The number of hydrogen-bond acceptors (Lipinski definition) is 6. The van der Waals surface area contributed by atoms with Crippen LogP contribution in [0.1, 0.15) is 5.89 Å². The van der Waals surface area contributed by atoms with Gasteiger partial charge in [0.05, 0.1) is 19.1 Å². The van der Waals surface area contributed by atoms with Crippen molar-refractivity contribution in [2.75, 3.05) is 13.7 Å². The average Bonchev–Trinajstić information content (AvgIpc) is 2.77. The molecule has 0 amide bonds. The number of pyridine rings is 1. The molecule has 0 aromatic carbocycles. The van der Waals surface area contributed by atoms with Crippen molar-refractivity contribution in [3.63, 3.8) is 0 Å². The first-order valence-corrected chi connectivity index (χ1v) is 6.99. The zero-order valence-electron chi connectivity index (χ0n) is 10.0. The molecule has 0 aliphatic carbocycles. The van der Waals surface area contributed by atoms with E-state index in [0.29, 0.717) is 17.4 Å². The quantitative estimate of drug-likeness (QED) is 0.839. The maximum Gasteiger partial charge on any atom is 0.229 e. The molecule has 102 valence electrons. The molecule has 2 heterocycles. The molecule has 0 aliphatic rings. The smallest absolute Gasteiger partial charge is 0.229 e. The molecule has 0 saturated heterocycles. The lowest BCUT2D eigenvalue weighted by atomic mass is 10.2. The molecule has 1 unspecified atom stereocenters. The van der Waals surface area contributed by atoms with E-state index in [1.54, 1.807) is 6.20 Å². The van der Waals surface area contributed by atoms with E-state index >= 15 is 0 Å². The van der Waals surface area contributed by atoms with Crippen molar-refractivity contribution in [2.24, 2.45) is 0 Å². The maximum atomic E-state index is 9.59. The first-order valence-electron chi connectivity index (χ1n) is 5.41. The van der Waals surface area contributed by atoms with E-state index in [1.807, 2.05) is 6.07 Å². The van der Waals surface area contributed by atoms with Crippen molar-refractivity contribution in [1.82, 2.24) is 15.1 Å². The molecule has 0 radical (unpaired) electrons. The molecule has 2 rings (SSSR count). The van der Waals surface area contributed by atoms with Gasteiger partial charge in [-0.25, -0.2) is 0 Å². The second-order valence-electron chi connectivity index (χ2n) is 3.81. The van der Waals surface area contributed by atoms with Gasteiger partial charge in [-0.1, -0.05) is 5.16 Å². The summed E-state index contributed by atoms with van der Waals surface area (Å²) in [5.41, 5.74) is 0.583. The van der Waals surface area contributed by atoms with Crippen LogP contribution in [0.15, 0.2) is 25.7 Å². The van der Waals surface area contributed by atoms with Crippen LogP contribution in [0, 0.1) is 0 Å². The summed E-state index contributed by atoms with van der Waals surface area (Å²) in [6, 6.07) is 1.85. The highest BCUT2D eigenvalue weighted by atomic mass is 79.9. The van der Waals surface area contributed by atoms with E-state index in [-0.39, 0.29) is 13.0 Å². The number of rotatable bonds is 5. The Morgan fingerprint density at radius 3 is 2.95 bits per heavy atom. The molecular formula is C11H11Br2N3O3. The first-order chi connectivity index (χ1) is 9.10. The summed E-state index contributed by atoms with van der Waals surface area (Å²) in [7, 11) is 1.52. The minimum Gasteiger partial charge on any atom is -0.390 e. The third-order valence-electron chi connectivity index (χ3n) is 2.26. The minimum atomic E-state index is -0.667. The van der Waals surface area contributed by atoms with Gasteiger partial charge in [0.2, 0.25) is 11.7 Å². The Morgan fingerprint density at radius 1 is 1.47 bits per heavy atom. The number of aliphatic hydroxyl groups is 1. The standard InChI is InChI=1S/C11H11Br2N3O3/c1-18-5-7(17)3-9-15-11(16-19-9)10-8(13)2-6(12)4-14-10/h2,4,7,17H,3,5H2,1H3. The molecule has 2 aromatic rings. The van der Waals surface area contributed by atoms with Gasteiger partial charge in [-0.3, -0.25) is 4.98 Å². The number of nitrogens with zero attached hydrogens (tertiary/aromatic N) is 3. The predicted molar refractivity (Wildman–Crippen MR) is 74.5 cm³/mol. The highest BCUT2D eigenvalue weighted by Crippen LogP contribution is 2.26. The van der Waals surface area contributed by atoms with Gasteiger partial charge < -0.3 is 14.4 Å². The Morgan fingerprint density at radius 2 is 2.26 bits per heavy atom. The van der Waals surface area contributed by atoms with Crippen molar-refractivity contribution >= 4 is 31.9 Å².